The van der Waals surface area contributed by atoms with Crippen LogP contribution in [0, 0.1) is 0 Å². The number of aliphatic hydroxyl groups excluding tert-OH is 1. The standard InChI is InChI=1S/C77H136O17P2/c1-5-9-13-17-21-25-29-33-34-35-36-40-44-48-52-56-60-64-77(82)94-73(68-88-75(80)62-58-54-50-46-42-38-31-27-23-19-15-11-7-3)70-92-96(85,86)90-66-71(78)65-89-95(83,84)91-69-72(93-76(81)63-59-55-51-47-43-39-32-28-24-20-16-12-8-4)67-87-74(79)61-57-53-49-45-41-37-30-26-22-18-14-10-6-2/h21,25-28,30-34,36,40,48,52,71-73,78H,5-20,22-24,29,35,37-39,41-47,49-51,53-70H2,1-4H3,(H,83,84)(H,85,86)/b25-21-,30-26-,31-27-,32-28-,34-33-,40-36-,52-48-/t71-,72-,73-/m1/s1. The summed E-state index contributed by atoms with van der Waals surface area (Å²) in [6.45, 7) is 4.73. The predicted octanol–water partition coefficient (Wildman–Crippen LogP) is 21.4. The number of allylic oxidation sites excluding steroid dienone is 14. The van der Waals surface area contributed by atoms with Crippen LogP contribution in [-0.2, 0) is 65.4 Å². The lowest BCUT2D eigenvalue weighted by Crippen LogP contribution is -2.30. The van der Waals surface area contributed by atoms with Crippen LogP contribution in [0.1, 0.15) is 323 Å². The Labute approximate surface area is 583 Å². The van der Waals surface area contributed by atoms with Gasteiger partial charge in [0.05, 0.1) is 26.4 Å². The van der Waals surface area contributed by atoms with Gasteiger partial charge in [-0.3, -0.25) is 37.3 Å². The maximum atomic E-state index is 13.1. The molecule has 96 heavy (non-hydrogen) atoms. The molecule has 17 nitrogen and oxygen atoms in total. The van der Waals surface area contributed by atoms with Crippen LogP contribution < -0.4 is 0 Å². The lowest BCUT2D eigenvalue weighted by molar-refractivity contribution is -0.161. The number of aliphatic hydroxyl groups is 1. The lowest BCUT2D eigenvalue weighted by Gasteiger charge is -2.21. The third-order valence-corrected chi connectivity index (χ3v) is 17.7. The van der Waals surface area contributed by atoms with E-state index in [0.717, 1.165) is 141 Å². The van der Waals surface area contributed by atoms with Crippen LogP contribution in [-0.4, -0.2) is 96.7 Å². The van der Waals surface area contributed by atoms with Crippen LogP contribution >= 0.6 is 15.6 Å². The van der Waals surface area contributed by atoms with E-state index in [1.807, 2.05) is 12.2 Å². The maximum absolute atomic E-state index is 13.1. The van der Waals surface area contributed by atoms with E-state index < -0.39 is 97.5 Å². The van der Waals surface area contributed by atoms with Gasteiger partial charge in [-0.05, 0) is 141 Å². The molecule has 0 heterocycles. The van der Waals surface area contributed by atoms with Gasteiger partial charge in [0.1, 0.15) is 19.3 Å². The Hall–Kier alpha value is -3.76. The minimum Gasteiger partial charge on any atom is -0.462 e. The normalized spacial score (nSPS) is 14.4. The number of hydrogen-bond acceptors (Lipinski definition) is 15. The van der Waals surface area contributed by atoms with Crippen molar-refractivity contribution in [2.24, 2.45) is 0 Å². The largest absolute Gasteiger partial charge is 0.472 e. The first-order valence-corrected chi connectivity index (χ1v) is 40.8. The molecular formula is C77H136O17P2. The Morgan fingerprint density at radius 1 is 0.292 bits per heavy atom. The van der Waals surface area contributed by atoms with Crippen molar-refractivity contribution >= 4 is 39.5 Å². The Morgan fingerprint density at radius 2 is 0.521 bits per heavy atom. The molecule has 0 bridgehead atoms. The van der Waals surface area contributed by atoms with E-state index >= 15 is 0 Å². The molecule has 0 aromatic rings. The zero-order valence-electron chi connectivity index (χ0n) is 60.5. The lowest BCUT2D eigenvalue weighted by atomic mass is 10.1. The summed E-state index contributed by atoms with van der Waals surface area (Å²) in [5, 5.41) is 10.6. The molecule has 0 saturated heterocycles. The molecule has 0 saturated carbocycles. The fourth-order valence-corrected chi connectivity index (χ4v) is 11.5. The smallest absolute Gasteiger partial charge is 0.462 e. The Kier molecular flexibility index (Phi) is 67.0. The summed E-state index contributed by atoms with van der Waals surface area (Å²) < 4.78 is 68.3. The monoisotopic (exact) mass is 1390 g/mol. The van der Waals surface area contributed by atoms with Crippen LogP contribution in [0.25, 0.3) is 0 Å². The fraction of sp³-hybridized carbons (Fsp3) is 0.766. The van der Waals surface area contributed by atoms with Gasteiger partial charge in [-0.1, -0.05) is 241 Å². The topological polar surface area (TPSA) is 237 Å². The van der Waals surface area contributed by atoms with Gasteiger partial charge in [-0.25, -0.2) is 9.13 Å². The van der Waals surface area contributed by atoms with Crippen LogP contribution in [0.15, 0.2) is 85.1 Å². The first kappa shape index (κ1) is 92.2. The van der Waals surface area contributed by atoms with Gasteiger partial charge < -0.3 is 33.8 Å². The van der Waals surface area contributed by atoms with Crippen molar-refractivity contribution in [1.29, 1.82) is 0 Å². The number of carbonyl (C=O) groups is 4. The molecule has 0 aliphatic carbocycles. The number of unbranched alkanes of at least 4 members (excludes halogenated alkanes) is 31. The molecule has 556 valence electrons. The predicted molar refractivity (Wildman–Crippen MR) is 390 cm³/mol. The van der Waals surface area contributed by atoms with Crippen molar-refractivity contribution in [3.05, 3.63) is 85.1 Å². The Bertz CT molecular complexity index is 2160. The van der Waals surface area contributed by atoms with Gasteiger partial charge >= 0.3 is 39.5 Å². The Balaban J connectivity index is 5.40. The minimum absolute atomic E-state index is 0.0186. The maximum Gasteiger partial charge on any atom is 0.472 e. The summed E-state index contributed by atoms with van der Waals surface area (Å²) in [7, 11) is -9.96. The van der Waals surface area contributed by atoms with Gasteiger partial charge in [0.2, 0.25) is 0 Å². The summed E-state index contributed by atoms with van der Waals surface area (Å²) in [6, 6.07) is 0. The van der Waals surface area contributed by atoms with Crippen molar-refractivity contribution in [3.8, 4) is 0 Å². The van der Waals surface area contributed by atoms with Crippen LogP contribution in [0.5, 0.6) is 0 Å². The first-order chi connectivity index (χ1) is 46.7. The van der Waals surface area contributed by atoms with E-state index in [4.69, 9.17) is 37.0 Å². The van der Waals surface area contributed by atoms with Gasteiger partial charge in [-0.2, -0.15) is 0 Å². The summed E-state index contributed by atoms with van der Waals surface area (Å²) in [5.74, 6) is -2.26. The second kappa shape index (κ2) is 69.7. The first-order valence-electron chi connectivity index (χ1n) is 37.8. The third-order valence-electron chi connectivity index (χ3n) is 15.8. The molecule has 0 radical (unpaired) electrons. The second-order valence-corrected chi connectivity index (χ2v) is 28.1. The van der Waals surface area contributed by atoms with E-state index in [-0.39, 0.29) is 25.7 Å². The highest BCUT2D eigenvalue weighted by molar-refractivity contribution is 7.47. The van der Waals surface area contributed by atoms with E-state index in [1.165, 1.54) is 96.3 Å². The molecule has 0 spiro atoms. The molecule has 0 aliphatic heterocycles. The molecular weight excluding hydrogens is 1260 g/mol. The Morgan fingerprint density at radius 3 is 0.854 bits per heavy atom. The van der Waals surface area contributed by atoms with Gasteiger partial charge in [0, 0.05) is 25.7 Å². The number of ether oxygens (including phenoxy) is 4. The summed E-state index contributed by atoms with van der Waals surface area (Å²) in [6.07, 6.45) is 70.1. The van der Waals surface area contributed by atoms with Crippen molar-refractivity contribution < 1.29 is 80.2 Å². The average molecular weight is 1400 g/mol. The number of rotatable bonds is 71. The van der Waals surface area contributed by atoms with E-state index in [1.54, 1.807) is 0 Å². The summed E-state index contributed by atoms with van der Waals surface area (Å²) in [4.78, 5) is 72.7. The summed E-state index contributed by atoms with van der Waals surface area (Å²) in [5.41, 5.74) is 0. The number of hydrogen-bond donors (Lipinski definition) is 3. The highest BCUT2D eigenvalue weighted by Gasteiger charge is 2.30. The fourth-order valence-electron chi connectivity index (χ4n) is 9.96. The molecule has 0 fully saturated rings. The van der Waals surface area contributed by atoms with Crippen LogP contribution in [0.3, 0.4) is 0 Å². The van der Waals surface area contributed by atoms with Gasteiger partial charge in [-0.15, -0.1) is 0 Å². The van der Waals surface area contributed by atoms with E-state index in [2.05, 4.69) is 101 Å². The SMILES string of the molecule is CCCCC/C=C\C/C=C\C/C=C\C/C=C\CCCC(=O)O[C@H](COC(=O)CCCCCCC/C=C\CCCCCC)COP(=O)(O)OC[C@H](O)COP(=O)(O)OC[C@@H](COC(=O)CCCCCCC/C=C\CCCCCC)OC(=O)CCCCCCC/C=C\CCCCCC. The average Bonchev–Trinajstić information content (AvgIpc) is 1.26. The third kappa shape index (κ3) is 68.8. The molecule has 0 aromatic heterocycles. The number of phosphoric acid groups is 2. The zero-order valence-corrected chi connectivity index (χ0v) is 62.3. The zero-order chi connectivity index (χ0) is 70.4. The van der Waals surface area contributed by atoms with Crippen molar-refractivity contribution in [2.75, 3.05) is 39.6 Å². The summed E-state index contributed by atoms with van der Waals surface area (Å²) >= 11 is 0. The molecule has 0 aromatic carbocycles. The number of phosphoric ester groups is 2. The number of esters is 4. The highest BCUT2D eigenvalue weighted by Crippen LogP contribution is 2.45. The molecule has 5 atom stereocenters. The van der Waals surface area contributed by atoms with Crippen molar-refractivity contribution in [1.82, 2.24) is 0 Å². The molecule has 0 rings (SSSR count). The van der Waals surface area contributed by atoms with Gasteiger partial charge in [0.15, 0.2) is 12.2 Å². The minimum atomic E-state index is -4.99. The molecule has 0 amide bonds. The van der Waals surface area contributed by atoms with Crippen LogP contribution in [0.4, 0.5) is 0 Å². The van der Waals surface area contributed by atoms with E-state index in [0.29, 0.717) is 32.1 Å². The van der Waals surface area contributed by atoms with Crippen LogP contribution in [0.2, 0.25) is 0 Å². The quantitative estimate of drug-likeness (QED) is 0.0169. The van der Waals surface area contributed by atoms with Gasteiger partial charge in [0.25, 0.3) is 0 Å². The molecule has 19 heteroatoms. The van der Waals surface area contributed by atoms with E-state index in [9.17, 15) is 43.2 Å². The van der Waals surface area contributed by atoms with Crippen molar-refractivity contribution in [3.63, 3.8) is 0 Å². The molecule has 0 aliphatic rings. The number of carbonyl (C=O) groups excluding carboxylic acids is 4. The molecule has 3 N–H and O–H groups in total. The second-order valence-electron chi connectivity index (χ2n) is 25.2. The molecule has 2 unspecified atom stereocenters. The highest BCUT2D eigenvalue weighted by atomic mass is 31.2. The van der Waals surface area contributed by atoms with Crippen molar-refractivity contribution in [2.45, 2.75) is 341 Å².